The number of hydrogen-bond acceptors (Lipinski definition) is 3. The third-order valence-corrected chi connectivity index (χ3v) is 4.59. The van der Waals surface area contributed by atoms with Gasteiger partial charge in [-0.25, -0.2) is 9.37 Å². The monoisotopic (exact) mass is 277 g/mol. The Kier molecular flexibility index (Phi) is 4.51. The second kappa shape index (κ2) is 6.53. The van der Waals surface area contributed by atoms with Crippen LogP contribution in [0.2, 0.25) is 0 Å². The topological polar surface area (TPSA) is 19.4 Å². The van der Waals surface area contributed by atoms with Crippen molar-refractivity contribution >= 4 is 5.82 Å². The summed E-state index contributed by atoms with van der Waals surface area (Å²) in [7, 11) is 0. The predicted octanol–water partition coefficient (Wildman–Crippen LogP) is 3.07. The number of hydrogen-bond donors (Lipinski definition) is 0. The standard InChI is InChI=1S/C16H24FN3/c17-15-8-5-9-18-16(15)20-12-6-7-14(13-20)19-10-3-1-2-4-11-19/h5,8-9,14H,1-4,6-7,10-13H2. The highest BCUT2D eigenvalue weighted by Gasteiger charge is 2.27. The van der Waals surface area contributed by atoms with Crippen LogP contribution in [0.15, 0.2) is 18.3 Å². The van der Waals surface area contributed by atoms with E-state index < -0.39 is 0 Å². The first-order valence-electron chi connectivity index (χ1n) is 7.94. The van der Waals surface area contributed by atoms with Crippen molar-refractivity contribution in [2.75, 3.05) is 31.1 Å². The van der Waals surface area contributed by atoms with Gasteiger partial charge in [-0.15, -0.1) is 0 Å². The lowest BCUT2D eigenvalue weighted by Gasteiger charge is -2.39. The van der Waals surface area contributed by atoms with E-state index in [2.05, 4.69) is 14.8 Å². The van der Waals surface area contributed by atoms with Gasteiger partial charge in [-0.2, -0.15) is 0 Å². The lowest BCUT2D eigenvalue weighted by atomic mass is 10.0. The van der Waals surface area contributed by atoms with Gasteiger partial charge in [-0.3, -0.25) is 4.90 Å². The quantitative estimate of drug-likeness (QED) is 0.828. The van der Waals surface area contributed by atoms with Crippen LogP contribution in [0.3, 0.4) is 0 Å². The molecule has 20 heavy (non-hydrogen) atoms. The van der Waals surface area contributed by atoms with E-state index in [0.717, 1.165) is 19.5 Å². The maximum absolute atomic E-state index is 13.9. The summed E-state index contributed by atoms with van der Waals surface area (Å²) in [5, 5.41) is 0. The molecule has 1 unspecified atom stereocenters. The van der Waals surface area contributed by atoms with Gasteiger partial charge < -0.3 is 4.90 Å². The van der Waals surface area contributed by atoms with Crippen LogP contribution >= 0.6 is 0 Å². The molecule has 0 saturated carbocycles. The first-order chi connectivity index (χ1) is 9.84. The van der Waals surface area contributed by atoms with E-state index in [1.54, 1.807) is 12.3 Å². The summed E-state index contributed by atoms with van der Waals surface area (Å²) in [6.07, 6.45) is 9.42. The molecule has 3 heterocycles. The van der Waals surface area contributed by atoms with Crippen molar-refractivity contribution in [3.05, 3.63) is 24.1 Å². The molecule has 0 bridgehead atoms. The summed E-state index contributed by atoms with van der Waals surface area (Å²) in [6.45, 7) is 4.28. The van der Waals surface area contributed by atoms with Crippen molar-refractivity contribution < 1.29 is 4.39 Å². The number of nitrogens with zero attached hydrogens (tertiary/aromatic N) is 3. The molecule has 2 aliphatic heterocycles. The summed E-state index contributed by atoms with van der Waals surface area (Å²) in [6, 6.07) is 3.75. The molecule has 3 rings (SSSR count). The number of anilines is 1. The fourth-order valence-electron chi connectivity index (χ4n) is 3.52. The summed E-state index contributed by atoms with van der Waals surface area (Å²) < 4.78 is 13.9. The molecule has 1 atom stereocenters. The van der Waals surface area contributed by atoms with Crippen molar-refractivity contribution in [1.29, 1.82) is 0 Å². The van der Waals surface area contributed by atoms with Gasteiger partial charge in [-0.05, 0) is 50.9 Å². The first-order valence-corrected chi connectivity index (χ1v) is 7.94. The molecule has 0 radical (unpaired) electrons. The molecule has 4 heteroatoms. The Hall–Kier alpha value is -1.16. The molecule has 2 fully saturated rings. The maximum Gasteiger partial charge on any atom is 0.165 e. The summed E-state index contributed by atoms with van der Waals surface area (Å²) in [4.78, 5) is 8.99. The first kappa shape index (κ1) is 13.8. The van der Waals surface area contributed by atoms with Crippen LogP contribution in [-0.2, 0) is 0 Å². The van der Waals surface area contributed by atoms with Crippen molar-refractivity contribution in [2.24, 2.45) is 0 Å². The second-order valence-electron chi connectivity index (χ2n) is 6.00. The van der Waals surface area contributed by atoms with Gasteiger partial charge in [0.15, 0.2) is 11.6 Å². The summed E-state index contributed by atoms with van der Waals surface area (Å²) in [5.41, 5.74) is 0. The minimum absolute atomic E-state index is 0.191. The molecule has 0 aliphatic carbocycles. The van der Waals surface area contributed by atoms with E-state index in [-0.39, 0.29) is 5.82 Å². The minimum Gasteiger partial charge on any atom is -0.353 e. The molecule has 110 valence electrons. The Morgan fingerprint density at radius 1 is 1.05 bits per heavy atom. The Bertz CT molecular complexity index is 429. The number of halogens is 1. The molecule has 0 amide bonds. The molecule has 3 nitrogen and oxygen atoms in total. The zero-order valence-electron chi connectivity index (χ0n) is 12.1. The van der Waals surface area contributed by atoms with Crippen LogP contribution in [0.1, 0.15) is 38.5 Å². The van der Waals surface area contributed by atoms with Crippen LogP contribution in [0.4, 0.5) is 10.2 Å². The van der Waals surface area contributed by atoms with Gasteiger partial charge in [0.25, 0.3) is 0 Å². The van der Waals surface area contributed by atoms with Crippen LogP contribution in [-0.4, -0.2) is 42.1 Å². The molecule has 1 aromatic rings. The molecular weight excluding hydrogens is 253 g/mol. The predicted molar refractivity (Wildman–Crippen MR) is 79.5 cm³/mol. The molecule has 0 aromatic carbocycles. The zero-order valence-corrected chi connectivity index (χ0v) is 12.1. The van der Waals surface area contributed by atoms with Crippen molar-refractivity contribution in [1.82, 2.24) is 9.88 Å². The lowest BCUT2D eigenvalue weighted by molar-refractivity contribution is 0.181. The number of piperidine rings is 1. The number of aromatic nitrogens is 1. The molecule has 2 aliphatic rings. The highest BCUT2D eigenvalue weighted by molar-refractivity contribution is 5.40. The van der Waals surface area contributed by atoms with E-state index in [0.29, 0.717) is 11.9 Å². The highest BCUT2D eigenvalue weighted by atomic mass is 19.1. The normalized spacial score (nSPS) is 25.4. The highest BCUT2D eigenvalue weighted by Crippen LogP contribution is 2.24. The van der Waals surface area contributed by atoms with Crippen LogP contribution in [0.25, 0.3) is 0 Å². The Labute approximate surface area is 120 Å². The third kappa shape index (κ3) is 3.11. The van der Waals surface area contributed by atoms with Gasteiger partial charge in [0.1, 0.15) is 0 Å². The van der Waals surface area contributed by atoms with Crippen LogP contribution in [0, 0.1) is 5.82 Å². The van der Waals surface area contributed by atoms with E-state index in [4.69, 9.17) is 0 Å². The van der Waals surface area contributed by atoms with E-state index >= 15 is 0 Å². The fraction of sp³-hybridized carbons (Fsp3) is 0.688. The Balaban J connectivity index is 1.68. The molecule has 0 N–H and O–H groups in total. The summed E-state index contributed by atoms with van der Waals surface area (Å²) >= 11 is 0. The van der Waals surface area contributed by atoms with Crippen LogP contribution < -0.4 is 4.90 Å². The minimum atomic E-state index is -0.191. The maximum atomic E-state index is 13.9. The van der Waals surface area contributed by atoms with E-state index in [1.165, 1.54) is 51.3 Å². The Morgan fingerprint density at radius 2 is 1.85 bits per heavy atom. The average molecular weight is 277 g/mol. The molecule has 0 spiro atoms. The number of pyridine rings is 1. The fourth-order valence-corrected chi connectivity index (χ4v) is 3.52. The number of likely N-dealkylation sites (tertiary alicyclic amines) is 1. The molecule has 2 saturated heterocycles. The van der Waals surface area contributed by atoms with Crippen LogP contribution in [0.5, 0.6) is 0 Å². The van der Waals surface area contributed by atoms with Crippen molar-refractivity contribution in [3.8, 4) is 0 Å². The van der Waals surface area contributed by atoms with Crippen molar-refractivity contribution in [3.63, 3.8) is 0 Å². The number of rotatable bonds is 2. The smallest absolute Gasteiger partial charge is 0.165 e. The largest absolute Gasteiger partial charge is 0.353 e. The molecule has 1 aromatic heterocycles. The average Bonchev–Trinajstić information content (AvgIpc) is 2.77. The second-order valence-corrected chi connectivity index (χ2v) is 6.00. The van der Waals surface area contributed by atoms with Gasteiger partial charge in [-0.1, -0.05) is 12.8 Å². The van der Waals surface area contributed by atoms with Gasteiger partial charge in [0.2, 0.25) is 0 Å². The third-order valence-electron chi connectivity index (χ3n) is 4.59. The van der Waals surface area contributed by atoms with Gasteiger partial charge in [0.05, 0.1) is 0 Å². The SMILES string of the molecule is Fc1cccnc1N1CCCC(N2CCCCCC2)C1. The Morgan fingerprint density at radius 3 is 2.60 bits per heavy atom. The summed E-state index contributed by atoms with van der Waals surface area (Å²) in [5.74, 6) is 0.344. The van der Waals surface area contributed by atoms with E-state index in [1.807, 2.05) is 0 Å². The molecular formula is C16H24FN3. The van der Waals surface area contributed by atoms with E-state index in [9.17, 15) is 4.39 Å². The lowest BCUT2D eigenvalue weighted by Crippen LogP contribution is -2.48. The van der Waals surface area contributed by atoms with Crippen molar-refractivity contribution in [2.45, 2.75) is 44.6 Å². The van der Waals surface area contributed by atoms with Gasteiger partial charge in [0, 0.05) is 25.3 Å². The zero-order chi connectivity index (χ0) is 13.8. The van der Waals surface area contributed by atoms with Gasteiger partial charge >= 0.3 is 0 Å².